The Morgan fingerprint density at radius 1 is 1.67 bits per heavy atom. The lowest BCUT2D eigenvalue weighted by atomic mass is 9.99. The van der Waals surface area contributed by atoms with Crippen molar-refractivity contribution in [2.24, 2.45) is 5.92 Å². The van der Waals surface area contributed by atoms with Gasteiger partial charge in [-0.1, -0.05) is 13.3 Å². The number of halogens is 2. The van der Waals surface area contributed by atoms with Crippen LogP contribution >= 0.6 is 43.2 Å². The maximum Gasteiger partial charge on any atom is 0.189 e. The van der Waals surface area contributed by atoms with Crippen molar-refractivity contribution in [3.05, 3.63) is 19.2 Å². The van der Waals surface area contributed by atoms with Crippen molar-refractivity contribution >= 4 is 49.0 Å². The van der Waals surface area contributed by atoms with Crippen LogP contribution in [0.5, 0.6) is 0 Å². The van der Waals surface area contributed by atoms with Crippen LogP contribution in [0.2, 0.25) is 0 Å². The molecule has 0 amide bonds. The molecule has 0 N–H and O–H groups in total. The SMILES string of the molecule is CCCC(C#N)C(=O)c1cc(Br)c(Br)s1. The minimum Gasteiger partial charge on any atom is -0.292 e. The van der Waals surface area contributed by atoms with Gasteiger partial charge in [-0.15, -0.1) is 11.3 Å². The van der Waals surface area contributed by atoms with Crippen LogP contribution in [0.1, 0.15) is 29.4 Å². The standard InChI is InChI=1S/C10H9Br2NOS/c1-2-3-6(5-13)9(14)8-4-7(11)10(12)15-8/h4,6H,2-3H2,1H3. The predicted octanol–water partition coefficient (Wildman–Crippen LogP) is 4.40. The zero-order chi connectivity index (χ0) is 11.4. The summed E-state index contributed by atoms with van der Waals surface area (Å²) in [5.41, 5.74) is 0. The molecule has 0 saturated heterocycles. The molecule has 0 saturated carbocycles. The fourth-order valence-electron chi connectivity index (χ4n) is 1.18. The number of hydrogen-bond acceptors (Lipinski definition) is 3. The van der Waals surface area contributed by atoms with E-state index in [1.807, 2.05) is 6.92 Å². The Morgan fingerprint density at radius 2 is 2.33 bits per heavy atom. The van der Waals surface area contributed by atoms with E-state index in [-0.39, 0.29) is 5.78 Å². The molecule has 1 rings (SSSR count). The minimum absolute atomic E-state index is 0.0734. The molecule has 5 heteroatoms. The summed E-state index contributed by atoms with van der Waals surface area (Å²) < 4.78 is 1.75. The van der Waals surface area contributed by atoms with Gasteiger partial charge in [0.2, 0.25) is 0 Å². The summed E-state index contributed by atoms with van der Waals surface area (Å²) in [4.78, 5) is 12.5. The lowest BCUT2D eigenvalue weighted by Gasteiger charge is -2.03. The molecule has 0 radical (unpaired) electrons. The maximum absolute atomic E-state index is 11.9. The van der Waals surface area contributed by atoms with Crippen molar-refractivity contribution < 1.29 is 4.79 Å². The van der Waals surface area contributed by atoms with E-state index in [1.165, 1.54) is 11.3 Å². The molecule has 1 aromatic heterocycles. The summed E-state index contributed by atoms with van der Waals surface area (Å²) >= 11 is 8.01. The highest BCUT2D eigenvalue weighted by molar-refractivity contribution is 9.13. The van der Waals surface area contributed by atoms with E-state index in [0.717, 1.165) is 14.7 Å². The van der Waals surface area contributed by atoms with E-state index >= 15 is 0 Å². The predicted molar refractivity (Wildman–Crippen MR) is 68.1 cm³/mol. The molecule has 0 aromatic carbocycles. The Hall–Kier alpha value is -0.180. The summed E-state index contributed by atoms with van der Waals surface area (Å²) in [6.45, 7) is 1.97. The van der Waals surface area contributed by atoms with E-state index in [9.17, 15) is 4.79 Å². The van der Waals surface area contributed by atoms with Gasteiger partial charge in [0.05, 0.1) is 14.7 Å². The number of carbonyl (C=O) groups is 1. The second-order valence-corrected chi connectivity index (χ2v) is 6.29. The Bertz CT molecular complexity index is 389. The van der Waals surface area contributed by atoms with Crippen molar-refractivity contribution in [3.8, 4) is 6.07 Å². The van der Waals surface area contributed by atoms with Gasteiger partial charge in [-0.25, -0.2) is 0 Å². The number of hydrogen-bond donors (Lipinski definition) is 0. The van der Waals surface area contributed by atoms with Crippen molar-refractivity contribution in [3.63, 3.8) is 0 Å². The van der Waals surface area contributed by atoms with Crippen LogP contribution in [0.15, 0.2) is 14.3 Å². The van der Waals surface area contributed by atoms with Crippen LogP contribution in [0.4, 0.5) is 0 Å². The molecule has 1 aromatic rings. The molecule has 0 aliphatic rings. The summed E-state index contributed by atoms with van der Waals surface area (Å²) in [5.74, 6) is -0.580. The zero-order valence-corrected chi connectivity index (χ0v) is 12.1. The lowest BCUT2D eigenvalue weighted by molar-refractivity contribution is 0.0947. The Morgan fingerprint density at radius 3 is 2.73 bits per heavy atom. The number of rotatable bonds is 4. The van der Waals surface area contributed by atoms with Crippen LogP contribution in [-0.2, 0) is 0 Å². The van der Waals surface area contributed by atoms with Crippen LogP contribution in [0, 0.1) is 17.2 Å². The summed E-state index contributed by atoms with van der Waals surface area (Å²) in [6, 6.07) is 3.82. The topological polar surface area (TPSA) is 40.9 Å². The van der Waals surface area contributed by atoms with Crippen LogP contribution < -0.4 is 0 Å². The van der Waals surface area contributed by atoms with Gasteiger partial charge in [-0.2, -0.15) is 5.26 Å². The van der Waals surface area contributed by atoms with Gasteiger partial charge in [0.1, 0.15) is 5.92 Å². The zero-order valence-electron chi connectivity index (χ0n) is 8.09. The fourth-order valence-corrected chi connectivity index (χ4v) is 3.21. The third kappa shape index (κ3) is 3.13. The Labute approximate surface area is 110 Å². The highest BCUT2D eigenvalue weighted by atomic mass is 79.9. The number of Topliss-reactive ketones (excluding diaryl/α,β-unsaturated/α-hetero) is 1. The van der Waals surface area contributed by atoms with Gasteiger partial charge in [0.25, 0.3) is 0 Å². The molecule has 0 aliphatic heterocycles. The van der Waals surface area contributed by atoms with Gasteiger partial charge < -0.3 is 0 Å². The third-order valence-electron chi connectivity index (χ3n) is 1.94. The molecule has 1 heterocycles. The molecule has 0 bridgehead atoms. The Balaban J connectivity index is 2.89. The number of carbonyl (C=O) groups excluding carboxylic acids is 1. The molecular formula is C10H9Br2NOS. The first-order valence-corrected chi connectivity index (χ1v) is 6.89. The normalized spacial score (nSPS) is 12.1. The molecule has 1 unspecified atom stereocenters. The second kappa shape index (κ2) is 5.78. The van der Waals surface area contributed by atoms with E-state index in [4.69, 9.17) is 5.26 Å². The van der Waals surface area contributed by atoms with E-state index in [1.54, 1.807) is 6.07 Å². The highest BCUT2D eigenvalue weighted by Gasteiger charge is 2.21. The molecular weight excluding hydrogens is 342 g/mol. The summed E-state index contributed by atoms with van der Waals surface area (Å²) in [5, 5.41) is 8.88. The van der Waals surface area contributed by atoms with Crippen molar-refractivity contribution in [1.29, 1.82) is 5.26 Å². The van der Waals surface area contributed by atoms with Gasteiger partial charge in [0, 0.05) is 4.47 Å². The Kier molecular flexibility index (Phi) is 4.97. The first-order chi connectivity index (χ1) is 7.10. The van der Waals surface area contributed by atoms with Gasteiger partial charge in [-0.3, -0.25) is 4.79 Å². The molecule has 0 spiro atoms. The van der Waals surface area contributed by atoms with Gasteiger partial charge >= 0.3 is 0 Å². The van der Waals surface area contributed by atoms with Crippen LogP contribution in [0.25, 0.3) is 0 Å². The molecule has 80 valence electrons. The quantitative estimate of drug-likeness (QED) is 0.755. The van der Waals surface area contributed by atoms with Crippen molar-refractivity contribution in [1.82, 2.24) is 0 Å². The highest BCUT2D eigenvalue weighted by Crippen LogP contribution is 2.33. The average molecular weight is 351 g/mol. The minimum atomic E-state index is -0.507. The number of ketones is 1. The number of thiophene rings is 1. The smallest absolute Gasteiger partial charge is 0.189 e. The van der Waals surface area contributed by atoms with Crippen LogP contribution in [-0.4, -0.2) is 5.78 Å². The first kappa shape index (κ1) is 12.9. The van der Waals surface area contributed by atoms with Crippen LogP contribution in [0.3, 0.4) is 0 Å². The van der Waals surface area contributed by atoms with Gasteiger partial charge in [-0.05, 0) is 44.3 Å². The monoisotopic (exact) mass is 349 g/mol. The number of nitriles is 1. The lowest BCUT2D eigenvalue weighted by Crippen LogP contribution is -2.11. The number of nitrogens with zero attached hydrogens (tertiary/aromatic N) is 1. The molecule has 2 nitrogen and oxygen atoms in total. The third-order valence-corrected chi connectivity index (χ3v) is 5.21. The molecule has 0 fully saturated rings. The molecule has 1 atom stereocenters. The fraction of sp³-hybridized carbons (Fsp3) is 0.400. The van der Waals surface area contributed by atoms with Crippen molar-refractivity contribution in [2.75, 3.05) is 0 Å². The van der Waals surface area contributed by atoms with E-state index in [2.05, 4.69) is 37.9 Å². The van der Waals surface area contributed by atoms with E-state index in [0.29, 0.717) is 11.3 Å². The second-order valence-electron chi connectivity index (χ2n) is 3.07. The summed E-state index contributed by atoms with van der Waals surface area (Å²) in [6.07, 6.45) is 1.47. The maximum atomic E-state index is 11.9. The average Bonchev–Trinajstić information content (AvgIpc) is 2.55. The van der Waals surface area contributed by atoms with Crippen molar-refractivity contribution in [2.45, 2.75) is 19.8 Å². The van der Waals surface area contributed by atoms with Gasteiger partial charge in [0.15, 0.2) is 5.78 Å². The molecule has 15 heavy (non-hydrogen) atoms. The first-order valence-electron chi connectivity index (χ1n) is 4.48. The summed E-state index contributed by atoms with van der Waals surface area (Å²) in [7, 11) is 0. The largest absolute Gasteiger partial charge is 0.292 e. The molecule has 0 aliphatic carbocycles. The van der Waals surface area contributed by atoms with E-state index < -0.39 is 5.92 Å².